The monoisotopic (exact) mass is 390 g/mol. The Balaban J connectivity index is 1.50. The molecule has 0 aliphatic rings. The fourth-order valence-corrected chi connectivity index (χ4v) is 3.63. The molecule has 0 aliphatic carbocycles. The van der Waals surface area contributed by atoms with Crippen LogP contribution in [0.1, 0.15) is 11.3 Å². The maximum absolute atomic E-state index is 12.5. The molecule has 0 saturated carbocycles. The van der Waals surface area contributed by atoms with Gasteiger partial charge < -0.3 is 5.32 Å². The van der Waals surface area contributed by atoms with Crippen LogP contribution in [0.5, 0.6) is 0 Å². The van der Waals surface area contributed by atoms with Crippen molar-refractivity contribution >= 4 is 34.3 Å². The third-order valence-electron chi connectivity index (χ3n) is 4.24. The summed E-state index contributed by atoms with van der Waals surface area (Å²) in [5, 5.41) is 16.3. The van der Waals surface area contributed by atoms with Gasteiger partial charge in [-0.2, -0.15) is 4.68 Å². The molecule has 140 valence electrons. The van der Waals surface area contributed by atoms with Crippen LogP contribution in [0.2, 0.25) is 0 Å². The molecule has 2 aromatic heterocycles. The number of carbonyl (C=O) groups is 1. The van der Waals surface area contributed by atoms with E-state index in [9.17, 15) is 4.79 Å². The van der Waals surface area contributed by atoms with Crippen LogP contribution < -0.4 is 5.32 Å². The van der Waals surface area contributed by atoms with E-state index in [-0.39, 0.29) is 11.7 Å². The van der Waals surface area contributed by atoms with Crippen molar-refractivity contribution in [2.45, 2.75) is 19.0 Å². The number of amides is 1. The zero-order chi connectivity index (χ0) is 19.5. The van der Waals surface area contributed by atoms with E-state index in [0.29, 0.717) is 5.16 Å². The molecule has 4 rings (SSSR count). The fourth-order valence-electron chi connectivity index (χ4n) is 2.95. The van der Waals surface area contributed by atoms with Crippen molar-refractivity contribution in [3.8, 4) is 5.69 Å². The van der Waals surface area contributed by atoms with Crippen molar-refractivity contribution in [3.05, 3.63) is 65.9 Å². The number of para-hydroxylation sites is 2. The second-order valence-corrected chi connectivity index (χ2v) is 7.27. The summed E-state index contributed by atoms with van der Waals surface area (Å²) < 4.78 is 1.65. The largest absolute Gasteiger partial charge is 0.325 e. The first-order chi connectivity index (χ1) is 13.6. The van der Waals surface area contributed by atoms with Gasteiger partial charge >= 0.3 is 0 Å². The lowest BCUT2D eigenvalue weighted by molar-refractivity contribution is -0.113. The highest BCUT2D eigenvalue weighted by molar-refractivity contribution is 7.99. The molecule has 0 spiro atoms. The molecular weight excluding hydrogens is 372 g/mol. The van der Waals surface area contributed by atoms with E-state index >= 15 is 0 Å². The summed E-state index contributed by atoms with van der Waals surface area (Å²) in [6.45, 7) is 3.90. The SMILES string of the molecule is Cc1cc(NC(=O)CSc2nnnn2-c2ccccc2C)c2ccccc2n1. The third-order valence-corrected chi connectivity index (χ3v) is 5.15. The van der Waals surface area contributed by atoms with Crippen molar-refractivity contribution in [2.24, 2.45) is 0 Å². The van der Waals surface area contributed by atoms with E-state index in [0.717, 1.165) is 33.5 Å². The predicted molar refractivity (Wildman–Crippen MR) is 110 cm³/mol. The van der Waals surface area contributed by atoms with E-state index in [1.165, 1.54) is 11.8 Å². The summed E-state index contributed by atoms with van der Waals surface area (Å²) in [6.07, 6.45) is 0. The average molecular weight is 390 g/mol. The van der Waals surface area contributed by atoms with Gasteiger partial charge in [-0.05, 0) is 48.0 Å². The number of hydrogen-bond acceptors (Lipinski definition) is 6. The number of hydrogen-bond donors (Lipinski definition) is 1. The van der Waals surface area contributed by atoms with E-state index in [1.807, 2.05) is 68.4 Å². The van der Waals surface area contributed by atoms with Crippen molar-refractivity contribution in [1.29, 1.82) is 0 Å². The van der Waals surface area contributed by atoms with Crippen LogP contribution in [0.25, 0.3) is 16.6 Å². The maximum atomic E-state index is 12.5. The molecule has 0 saturated heterocycles. The molecular formula is C20H18N6OS. The molecule has 1 N–H and O–H groups in total. The summed E-state index contributed by atoms with van der Waals surface area (Å²) in [5.41, 5.74) is 4.41. The van der Waals surface area contributed by atoms with Gasteiger partial charge in [0, 0.05) is 11.1 Å². The zero-order valence-electron chi connectivity index (χ0n) is 15.5. The van der Waals surface area contributed by atoms with Gasteiger partial charge in [0.15, 0.2) is 0 Å². The number of benzene rings is 2. The van der Waals surface area contributed by atoms with E-state index < -0.39 is 0 Å². The number of tetrazole rings is 1. The van der Waals surface area contributed by atoms with Crippen molar-refractivity contribution in [1.82, 2.24) is 25.2 Å². The van der Waals surface area contributed by atoms with Crippen molar-refractivity contribution in [2.75, 3.05) is 11.1 Å². The van der Waals surface area contributed by atoms with E-state index in [4.69, 9.17) is 0 Å². The Morgan fingerprint density at radius 3 is 2.75 bits per heavy atom. The summed E-state index contributed by atoms with van der Waals surface area (Å²) >= 11 is 1.29. The topological polar surface area (TPSA) is 85.6 Å². The molecule has 8 heteroatoms. The number of nitrogens with one attached hydrogen (secondary N) is 1. The number of anilines is 1. The smallest absolute Gasteiger partial charge is 0.234 e. The molecule has 7 nitrogen and oxygen atoms in total. The van der Waals surface area contributed by atoms with E-state index in [1.54, 1.807) is 4.68 Å². The summed E-state index contributed by atoms with van der Waals surface area (Å²) in [5.74, 6) is 0.0715. The third kappa shape index (κ3) is 3.72. The molecule has 0 unspecified atom stereocenters. The summed E-state index contributed by atoms with van der Waals surface area (Å²) in [6, 6.07) is 17.5. The lowest BCUT2D eigenvalue weighted by atomic mass is 10.1. The van der Waals surface area contributed by atoms with Gasteiger partial charge in [0.05, 0.1) is 22.6 Å². The van der Waals surface area contributed by atoms with Gasteiger partial charge in [0.25, 0.3) is 0 Å². The number of carbonyl (C=O) groups excluding carboxylic acids is 1. The Hall–Kier alpha value is -3.26. The highest BCUT2D eigenvalue weighted by Crippen LogP contribution is 2.24. The minimum absolute atomic E-state index is 0.125. The Kier molecular flexibility index (Phi) is 5.03. The molecule has 0 radical (unpaired) electrons. The quantitative estimate of drug-likeness (QED) is 0.525. The lowest BCUT2D eigenvalue weighted by Gasteiger charge is -2.10. The van der Waals surface area contributed by atoms with Crippen molar-refractivity contribution in [3.63, 3.8) is 0 Å². The first kappa shape index (κ1) is 18.1. The van der Waals surface area contributed by atoms with Crippen LogP contribution in [-0.2, 0) is 4.79 Å². The van der Waals surface area contributed by atoms with Crippen molar-refractivity contribution < 1.29 is 4.79 Å². The molecule has 1 amide bonds. The van der Waals surface area contributed by atoms with Gasteiger partial charge in [-0.25, -0.2) is 0 Å². The zero-order valence-corrected chi connectivity index (χ0v) is 16.3. The second kappa shape index (κ2) is 7.77. The number of aromatic nitrogens is 5. The predicted octanol–water partition coefficient (Wildman–Crippen LogP) is 3.56. The number of nitrogens with zero attached hydrogens (tertiary/aromatic N) is 5. The van der Waals surface area contributed by atoms with Gasteiger partial charge in [-0.1, -0.05) is 48.2 Å². The van der Waals surface area contributed by atoms with Crippen LogP contribution in [-0.4, -0.2) is 36.9 Å². The van der Waals surface area contributed by atoms with E-state index in [2.05, 4.69) is 25.8 Å². The molecule has 0 aliphatic heterocycles. The first-order valence-corrected chi connectivity index (χ1v) is 9.74. The molecule has 2 aromatic carbocycles. The molecule has 0 atom stereocenters. The standard InChI is InChI=1S/C20H18N6OS/c1-13-7-3-6-10-18(13)26-20(23-24-25-26)28-12-19(27)22-17-11-14(2)21-16-9-5-4-8-15(16)17/h3-11H,12H2,1-2H3,(H,21,22,27). The molecule has 4 aromatic rings. The van der Waals surface area contributed by atoms with Gasteiger partial charge in [-0.15, -0.1) is 5.10 Å². The Labute approximate surface area is 166 Å². The van der Waals surface area contributed by atoms with Crippen LogP contribution in [0.3, 0.4) is 0 Å². The minimum Gasteiger partial charge on any atom is -0.325 e. The first-order valence-electron chi connectivity index (χ1n) is 8.75. The lowest BCUT2D eigenvalue weighted by Crippen LogP contribution is -2.15. The van der Waals surface area contributed by atoms with Gasteiger partial charge in [-0.3, -0.25) is 9.78 Å². The number of fused-ring (bicyclic) bond motifs is 1. The Bertz CT molecular complexity index is 1160. The highest BCUT2D eigenvalue weighted by Gasteiger charge is 2.14. The molecule has 0 fully saturated rings. The molecule has 28 heavy (non-hydrogen) atoms. The van der Waals surface area contributed by atoms with Crippen LogP contribution in [0, 0.1) is 13.8 Å². The normalized spacial score (nSPS) is 10.9. The van der Waals surface area contributed by atoms with Crippen LogP contribution in [0.4, 0.5) is 5.69 Å². The second-order valence-electron chi connectivity index (χ2n) is 6.32. The Morgan fingerprint density at radius 2 is 1.89 bits per heavy atom. The van der Waals surface area contributed by atoms with Gasteiger partial charge in [0.1, 0.15) is 0 Å². The highest BCUT2D eigenvalue weighted by atomic mass is 32.2. The fraction of sp³-hybridized carbons (Fsp3) is 0.150. The number of rotatable bonds is 5. The van der Waals surface area contributed by atoms with Crippen LogP contribution >= 0.6 is 11.8 Å². The maximum Gasteiger partial charge on any atom is 0.234 e. The Morgan fingerprint density at radius 1 is 1.11 bits per heavy atom. The minimum atomic E-state index is -0.125. The number of thioether (sulfide) groups is 1. The summed E-state index contributed by atoms with van der Waals surface area (Å²) in [4.78, 5) is 17.0. The molecule has 2 heterocycles. The molecule has 0 bridgehead atoms. The number of pyridine rings is 1. The summed E-state index contributed by atoms with van der Waals surface area (Å²) in [7, 11) is 0. The van der Waals surface area contributed by atoms with Crippen LogP contribution in [0.15, 0.2) is 59.8 Å². The average Bonchev–Trinajstić information content (AvgIpc) is 3.15. The van der Waals surface area contributed by atoms with Gasteiger partial charge in [0.2, 0.25) is 11.1 Å². The number of aryl methyl sites for hydroxylation is 2.